The summed E-state index contributed by atoms with van der Waals surface area (Å²) in [5.74, 6) is -1.40. The van der Waals surface area contributed by atoms with E-state index in [9.17, 15) is 28.8 Å². The largest absolute Gasteiger partial charge is 1.00 e. The maximum atomic E-state index is 12.1. The standard InChI is InChI=1S/C29H45N5O7.6CH4.2Rb/c1-21(22(2)35)7-4-5-14-31-26(37)8-6-17-41-18-16-33-28(39)20-29(40)34-24-11-9-23(10-12-24)19-27(38)32-15-13-25(36)30-3;;;;;;;;/h9-12,21H,4-8,13-20H2,1-3H3,(H5,30,31,32,33,34,36,37,38,39,40);6*1H4;;/q;;;;;;;2*+1/p-2. The summed E-state index contributed by atoms with van der Waals surface area (Å²) in [6, 6.07) is 6.49. The van der Waals surface area contributed by atoms with Crippen LogP contribution in [-0.4, -0.2) is 75.2 Å². The first kappa shape index (κ1) is 67.0. The smallest absolute Gasteiger partial charge is 0.651 e. The molecule has 12 nitrogen and oxygen atoms in total. The second kappa shape index (κ2) is 42.2. The Morgan fingerprint density at radius 3 is 1.90 bits per heavy atom. The molecule has 14 heteroatoms. The van der Waals surface area contributed by atoms with Crippen molar-refractivity contribution in [2.75, 3.05) is 39.9 Å². The number of carbonyl (C=O) groups is 6. The van der Waals surface area contributed by atoms with E-state index in [4.69, 9.17) is 4.74 Å². The van der Waals surface area contributed by atoms with Crippen molar-refractivity contribution in [2.45, 2.75) is 110 Å². The predicted octanol–water partition coefficient (Wildman–Crippen LogP) is 0.437. The molecular formula is C35H67N5O7Rb2. The molecule has 5 amide bonds. The molecule has 0 spiro atoms. The number of benzene rings is 1. The Kier molecular flexibility index (Phi) is 57.7. The number of nitrogens with one attached hydrogen (secondary N) is 3. The van der Waals surface area contributed by atoms with E-state index in [2.05, 4.69) is 26.6 Å². The molecule has 0 aliphatic carbocycles. The Balaban J connectivity index is -0.000000350. The average molecular weight is 841 g/mol. The Morgan fingerprint density at radius 1 is 0.735 bits per heavy atom. The second-order valence-corrected chi connectivity index (χ2v) is 9.65. The number of ether oxygens (including phenoxy) is 1. The molecule has 0 saturated heterocycles. The first-order chi connectivity index (χ1) is 19.6. The molecule has 0 aromatic heterocycles. The minimum absolute atomic E-state index is 0. The van der Waals surface area contributed by atoms with Crippen LogP contribution >= 0.6 is 0 Å². The van der Waals surface area contributed by atoms with Gasteiger partial charge in [-0.15, -0.1) is 12.2 Å². The fraction of sp³-hybridized carbons (Fsp3) is 0.657. The first-order valence-corrected chi connectivity index (χ1v) is 14.0. The van der Waals surface area contributed by atoms with Crippen molar-refractivity contribution in [1.29, 1.82) is 0 Å². The predicted molar refractivity (Wildman–Crippen MR) is 195 cm³/mol. The summed E-state index contributed by atoms with van der Waals surface area (Å²) in [6.45, 7) is 5.00. The zero-order valence-corrected chi connectivity index (χ0v) is 36.2. The van der Waals surface area contributed by atoms with Crippen molar-refractivity contribution in [3.05, 3.63) is 40.5 Å². The Morgan fingerprint density at radius 2 is 1.33 bits per heavy atom. The van der Waals surface area contributed by atoms with Crippen LogP contribution in [0, 0.1) is 5.92 Å². The molecule has 0 bridgehead atoms. The molecule has 1 unspecified atom stereocenters. The quantitative estimate of drug-likeness (QED) is 0.119. The number of hydrogen-bond donors (Lipinski definition) is 3. The Hall–Kier alpha value is -0.190. The zero-order valence-electron chi connectivity index (χ0n) is 26.3. The molecule has 1 rings (SSSR count). The summed E-state index contributed by atoms with van der Waals surface area (Å²) in [6.07, 6.45) is 3.30. The molecule has 3 N–H and O–H groups in total. The summed E-state index contributed by atoms with van der Waals surface area (Å²) in [4.78, 5) is 70.1. The summed E-state index contributed by atoms with van der Waals surface area (Å²) in [7, 11) is 1.53. The molecule has 49 heavy (non-hydrogen) atoms. The van der Waals surface area contributed by atoms with Crippen LogP contribution in [0.25, 0.3) is 10.6 Å². The van der Waals surface area contributed by atoms with E-state index in [1.54, 1.807) is 31.2 Å². The van der Waals surface area contributed by atoms with E-state index >= 15 is 0 Å². The van der Waals surface area contributed by atoms with Crippen LogP contribution in [0.15, 0.2) is 24.3 Å². The third-order valence-corrected chi connectivity index (χ3v) is 6.11. The molecule has 276 valence electrons. The number of ketones is 1. The molecule has 0 aliphatic rings. The van der Waals surface area contributed by atoms with E-state index < -0.39 is 18.2 Å². The molecule has 0 radical (unpaired) electrons. The van der Waals surface area contributed by atoms with Gasteiger partial charge < -0.3 is 40.9 Å². The number of nitrogens with zero attached hydrogens (tertiary/aromatic N) is 2. The van der Waals surface area contributed by atoms with Gasteiger partial charge in [-0.25, -0.2) is 0 Å². The molecule has 1 atom stereocenters. The van der Waals surface area contributed by atoms with Crippen molar-refractivity contribution < 1.29 is 150 Å². The van der Waals surface area contributed by atoms with Gasteiger partial charge in [0.1, 0.15) is 5.78 Å². The fourth-order valence-electron chi connectivity index (χ4n) is 3.51. The van der Waals surface area contributed by atoms with Gasteiger partial charge in [-0.05, 0) is 31.7 Å². The van der Waals surface area contributed by atoms with Gasteiger partial charge >= 0.3 is 116 Å². The van der Waals surface area contributed by atoms with Gasteiger partial charge in [-0.1, -0.05) is 82.2 Å². The van der Waals surface area contributed by atoms with Crippen molar-refractivity contribution in [1.82, 2.24) is 16.0 Å². The van der Waals surface area contributed by atoms with Crippen LogP contribution < -0.4 is 132 Å². The number of unbranched alkanes of at least 4 members (excludes halogenated alkanes) is 1. The van der Waals surface area contributed by atoms with E-state index in [0.717, 1.165) is 19.3 Å². The van der Waals surface area contributed by atoms with Gasteiger partial charge in [0.05, 0.1) is 18.2 Å². The maximum absolute atomic E-state index is 12.1. The van der Waals surface area contributed by atoms with Crippen LogP contribution in [0.2, 0.25) is 0 Å². The number of hydrogen-bond acceptors (Lipinski definition) is 7. The number of amides is 5. The van der Waals surface area contributed by atoms with Crippen molar-refractivity contribution in [3.63, 3.8) is 0 Å². The average Bonchev–Trinajstić information content (AvgIpc) is 2.92. The van der Waals surface area contributed by atoms with Crippen LogP contribution in [-0.2, 0) is 39.9 Å². The summed E-state index contributed by atoms with van der Waals surface area (Å²) < 4.78 is 5.39. The Bertz CT molecular complexity index is 1010. The second-order valence-electron chi connectivity index (χ2n) is 9.65. The maximum Gasteiger partial charge on any atom is 1.00 e. The van der Waals surface area contributed by atoms with Gasteiger partial charge in [0.15, 0.2) is 0 Å². The number of Topliss-reactive ketones (excluding diaryl/α,β-unsaturated/α-hetero) is 1. The SMILES string of the molecule is C.C.C.C.C.C.CNC(=O)CCNC(=O)Cc1ccc([N-]C(=O)CC(=O)[N-]CCOCCCC(=O)NCCCCC(C)C(C)=O)cc1.[Rb+].[Rb+]. The monoisotopic (exact) mass is 839 g/mol. The summed E-state index contributed by atoms with van der Waals surface area (Å²) in [5, 5.41) is 15.7. The zero-order chi connectivity index (χ0) is 30.5. The van der Waals surface area contributed by atoms with Gasteiger partial charge in [0.2, 0.25) is 17.7 Å². The third-order valence-electron chi connectivity index (χ3n) is 6.11. The van der Waals surface area contributed by atoms with Crippen molar-refractivity contribution in [2.24, 2.45) is 5.92 Å². The first-order valence-electron chi connectivity index (χ1n) is 14.0. The summed E-state index contributed by atoms with van der Waals surface area (Å²) >= 11 is 0. The van der Waals surface area contributed by atoms with Crippen LogP contribution in [0.1, 0.15) is 109 Å². The van der Waals surface area contributed by atoms with Crippen LogP contribution in [0.5, 0.6) is 0 Å². The number of rotatable bonds is 21. The molecule has 0 heterocycles. The van der Waals surface area contributed by atoms with Gasteiger partial charge in [-0.3, -0.25) is 19.2 Å². The van der Waals surface area contributed by atoms with Crippen molar-refractivity contribution in [3.8, 4) is 0 Å². The van der Waals surface area contributed by atoms with Crippen LogP contribution in [0.4, 0.5) is 5.69 Å². The van der Waals surface area contributed by atoms with E-state index in [-0.39, 0.29) is 223 Å². The topological polar surface area (TPSA) is 176 Å². The van der Waals surface area contributed by atoms with Gasteiger partial charge in [0.25, 0.3) is 0 Å². The van der Waals surface area contributed by atoms with Crippen LogP contribution in [0.3, 0.4) is 0 Å². The van der Waals surface area contributed by atoms with Crippen molar-refractivity contribution >= 4 is 41.0 Å². The molecular weight excluding hydrogens is 773 g/mol. The van der Waals surface area contributed by atoms with E-state index in [0.29, 0.717) is 37.2 Å². The van der Waals surface area contributed by atoms with Gasteiger partial charge in [0, 0.05) is 58.5 Å². The van der Waals surface area contributed by atoms with E-state index in [1.807, 2.05) is 6.92 Å². The minimum atomic E-state index is -0.626. The molecule has 1 aromatic rings. The molecule has 0 saturated carbocycles. The third kappa shape index (κ3) is 37.4. The minimum Gasteiger partial charge on any atom is -0.651 e. The summed E-state index contributed by atoms with van der Waals surface area (Å²) in [5.41, 5.74) is 1.08. The molecule has 1 aromatic carbocycles. The molecule has 0 fully saturated rings. The molecule has 0 aliphatic heterocycles. The van der Waals surface area contributed by atoms with Gasteiger partial charge in [-0.2, -0.15) is 0 Å². The number of carbonyl (C=O) groups excluding carboxylic acids is 6. The Labute approximate surface area is 396 Å². The fourth-order valence-corrected chi connectivity index (χ4v) is 3.51. The normalized spacial score (nSPS) is 9.37. The van der Waals surface area contributed by atoms with E-state index in [1.165, 1.54) is 7.05 Å².